The minimum atomic E-state index is 0.650. The molecule has 0 radical (unpaired) electrons. The summed E-state index contributed by atoms with van der Waals surface area (Å²) in [6.07, 6.45) is 0.833. The van der Waals surface area contributed by atoms with Crippen molar-refractivity contribution < 1.29 is 4.74 Å². The van der Waals surface area contributed by atoms with E-state index in [4.69, 9.17) is 10.5 Å². The number of ether oxygens (including phenoxy) is 1. The molecule has 0 aliphatic carbocycles. The van der Waals surface area contributed by atoms with Crippen molar-refractivity contribution in [2.45, 2.75) is 20.3 Å². The summed E-state index contributed by atoms with van der Waals surface area (Å²) in [7, 11) is 0. The molecule has 0 bridgehead atoms. The lowest BCUT2D eigenvalue weighted by Crippen LogP contribution is -2.04. The van der Waals surface area contributed by atoms with Gasteiger partial charge >= 0.3 is 0 Å². The molecule has 0 amide bonds. The summed E-state index contributed by atoms with van der Waals surface area (Å²) >= 11 is 0. The molecule has 2 aromatic rings. The number of hydrogen-bond donors (Lipinski definition) is 1. The molecule has 0 saturated carbocycles. The van der Waals surface area contributed by atoms with Gasteiger partial charge in [-0.15, -0.1) is 0 Å². The predicted octanol–water partition coefficient (Wildman–Crippen LogP) is 3.51. The Hall–Kier alpha value is -1.96. The highest BCUT2D eigenvalue weighted by Crippen LogP contribution is 2.17. The quantitative estimate of drug-likeness (QED) is 0.831. The zero-order valence-corrected chi connectivity index (χ0v) is 10.9. The second kappa shape index (κ2) is 5.58. The number of benzene rings is 2. The third kappa shape index (κ3) is 3.27. The SMILES string of the molecule is Cc1cc(C)cc(OCCc2ccccc2N)c1. The molecule has 0 unspecified atom stereocenters. The van der Waals surface area contributed by atoms with Gasteiger partial charge in [0.2, 0.25) is 0 Å². The number of hydrogen-bond acceptors (Lipinski definition) is 2. The number of aryl methyl sites for hydroxylation is 2. The third-order valence-corrected chi connectivity index (χ3v) is 2.89. The van der Waals surface area contributed by atoms with Crippen LogP contribution in [-0.2, 0) is 6.42 Å². The number of rotatable bonds is 4. The van der Waals surface area contributed by atoms with E-state index in [9.17, 15) is 0 Å². The van der Waals surface area contributed by atoms with Gasteiger partial charge in [-0.2, -0.15) is 0 Å². The summed E-state index contributed by atoms with van der Waals surface area (Å²) in [5, 5.41) is 0. The van der Waals surface area contributed by atoms with Gasteiger partial charge in [-0.25, -0.2) is 0 Å². The summed E-state index contributed by atoms with van der Waals surface area (Å²) in [5.74, 6) is 0.932. The first kappa shape index (κ1) is 12.5. The maximum atomic E-state index is 5.89. The van der Waals surface area contributed by atoms with Gasteiger partial charge in [0.05, 0.1) is 6.61 Å². The van der Waals surface area contributed by atoms with E-state index in [0.29, 0.717) is 6.61 Å². The fourth-order valence-corrected chi connectivity index (χ4v) is 2.06. The summed E-state index contributed by atoms with van der Waals surface area (Å²) in [4.78, 5) is 0. The number of anilines is 1. The lowest BCUT2D eigenvalue weighted by molar-refractivity contribution is 0.322. The van der Waals surface area contributed by atoms with Crippen LogP contribution in [0.25, 0.3) is 0 Å². The van der Waals surface area contributed by atoms with E-state index in [-0.39, 0.29) is 0 Å². The first-order valence-electron chi connectivity index (χ1n) is 6.19. The molecule has 2 N–H and O–H groups in total. The molecule has 2 heteroatoms. The zero-order chi connectivity index (χ0) is 13.0. The lowest BCUT2D eigenvalue weighted by Gasteiger charge is -2.09. The maximum absolute atomic E-state index is 5.89. The number of nitrogens with two attached hydrogens (primary N) is 1. The largest absolute Gasteiger partial charge is 0.493 e. The van der Waals surface area contributed by atoms with Crippen LogP contribution >= 0.6 is 0 Å². The Bertz CT molecular complexity index is 514. The van der Waals surface area contributed by atoms with Crippen molar-refractivity contribution in [3.8, 4) is 5.75 Å². The van der Waals surface area contributed by atoms with Crippen LogP contribution in [0.3, 0.4) is 0 Å². The molecule has 18 heavy (non-hydrogen) atoms. The standard InChI is InChI=1S/C16H19NO/c1-12-9-13(2)11-15(10-12)18-8-7-14-5-3-4-6-16(14)17/h3-6,9-11H,7-8,17H2,1-2H3. The molecule has 0 saturated heterocycles. The van der Waals surface area contributed by atoms with Crippen LogP contribution in [0.2, 0.25) is 0 Å². The van der Waals surface area contributed by atoms with Crippen LogP contribution in [0, 0.1) is 13.8 Å². The fraction of sp³-hybridized carbons (Fsp3) is 0.250. The van der Waals surface area contributed by atoms with Gasteiger partial charge in [-0.05, 0) is 48.7 Å². The van der Waals surface area contributed by atoms with Gasteiger partial charge in [-0.1, -0.05) is 24.3 Å². The molecular formula is C16H19NO. The highest BCUT2D eigenvalue weighted by atomic mass is 16.5. The molecule has 0 aliphatic heterocycles. The van der Waals surface area contributed by atoms with Gasteiger partial charge in [0.1, 0.15) is 5.75 Å². The van der Waals surface area contributed by atoms with E-state index in [1.165, 1.54) is 11.1 Å². The first-order chi connectivity index (χ1) is 8.65. The monoisotopic (exact) mass is 241 g/mol. The van der Waals surface area contributed by atoms with E-state index >= 15 is 0 Å². The van der Waals surface area contributed by atoms with E-state index in [2.05, 4.69) is 32.0 Å². The Kier molecular flexibility index (Phi) is 3.88. The smallest absolute Gasteiger partial charge is 0.119 e. The number of nitrogen functional groups attached to an aromatic ring is 1. The average Bonchev–Trinajstić information content (AvgIpc) is 2.30. The van der Waals surface area contributed by atoms with Crippen molar-refractivity contribution in [3.05, 3.63) is 59.2 Å². The highest BCUT2D eigenvalue weighted by molar-refractivity contribution is 5.46. The van der Waals surface area contributed by atoms with Crippen molar-refractivity contribution in [2.24, 2.45) is 0 Å². The molecule has 0 aromatic heterocycles. The van der Waals surface area contributed by atoms with Crippen molar-refractivity contribution in [1.82, 2.24) is 0 Å². The average molecular weight is 241 g/mol. The van der Waals surface area contributed by atoms with E-state index in [0.717, 1.165) is 23.4 Å². The van der Waals surface area contributed by atoms with Crippen LogP contribution in [0.1, 0.15) is 16.7 Å². The second-order valence-electron chi connectivity index (χ2n) is 4.62. The highest BCUT2D eigenvalue weighted by Gasteiger charge is 2.00. The lowest BCUT2D eigenvalue weighted by atomic mass is 10.1. The Morgan fingerprint density at radius 1 is 1.00 bits per heavy atom. The zero-order valence-electron chi connectivity index (χ0n) is 10.9. The molecule has 0 heterocycles. The fourth-order valence-electron chi connectivity index (χ4n) is 2.06. The Morgan fingerprint density at radius 2 is 1.67 bits per heavy atom. The van der Waals surface area contributed by atoms with Crippen LogP contribution in [-0.4, -0.2) is 6.61 Å². The van der Waals surface area contributed by atoms with Crippen molar-refractivity contribution in [3.63, 3.8) is 0 Å². The normalized spacial score (nSPS) is 10.3. The van der Waals surface area contributed by atoms with Crippen LogP contribution in [0.5, 0.6) is 5.75 Å². The summed E-state index contributed by atoms with van der Waals surface area (Å²) in [6.45, 7) is 4.81. The first-order valence-corrected chi connectivity index (χ1v) is 6.19. The van der Waals surface area contributed by atoms with Crippen molar-refractivity contribution >= 4 is 5.69 Å². The molecular weight excluding hydrogens is 222 g/mol. The van der Waals surface area contributed by atoms with Crippen LogP contribution in [0.15, 0.2) is 42.5 Å². The van der Waals surface area contributed by atoms with Crippen LogP contribution < -0.4 is 10.5 Å². The van der Waals surface area contributed by atoms with E-state index in [1.54, 1.807) is 0 Å². The van der Waals surface area contributed by atoms with Gasteiger partial charge in [0.15, 0.2) is 0 Å². The molecule has 2 rings (SSSR count). The Morgan fingerprint density at radius 3 is 2.33 bits per heavy atom. The molecule has 94 valence electrons. The van der Waals surface area contributed by atoms with E-state index in [1.807, 2.05) is 24.3 Å². The molecule has 2 aromatic carbocycles. The van der Waals surface area contributed by atoms with Gasteiger partial charge in [-0.3, -0.25) is 0 Å². The topological polar surface area (TPSA) is 35.2 Å². The second-order valence-corrected chi connectivity index (χ2v) is 4.62. The Balaban J connectivity index is 1.94. The molecule has 0 fully saturated rings. The summed E-state index contributed by atoms with van der Waals surface area (Å²) in [6, 6.07) is 14.2. The summed E-state index contributed by atoms with van der Waals surface area (Å²) in [5.41, 5.74) is 10.3. The van der Waals surface area contributed by atoms with Gasteiger partial charge < -0.3 is 10.5 Å². The van der Waals surface area contributed by atoms with Crippen LogP contribution in [0.4, 0.5) is 5.69 Å². The predicted molar refractivity (Wildman–Crippen MR) is 76.0 cm³/mol. The van der Waals surface area contributed by atoms with E-state index < -0.39 is 0 Å². The molecule has 2 nitrogen and oxygen atoms in total. The summed E-state index contributed by atoms with van der Waals surface area (Å²) < 4.78 is 5.77. The van der Waals surface area contributed by atoms with Crippen molar-refractivity contribution in [1.29, 1.82) is 0 Å². The van der Waals surface area contributed by atoms with Crippen molar-refractivity contribution in [2.75, 3.05) is 12.3 Å². The third-order valence-electron chi connectivity index (χ3n) is 2.89. The maximum Gasteiger partial charge on any atom is 0.119 e. The van der Waals surface area contributed by atoms with Gasteiger partial charge in [0.25, 0.3) is 0 Å². The van der Waals surface area contributed by atoms with Gasteiger partial charge in [0, 0.05) is 12.1 Å². The Labute approximate surface area is 108 Å². The molecule has 0 aliphatic rings. The molecule has 0 spiro atoms. The number of para-hydroxylation sites is 1. The minimum absolute atomic E-state index is 0.650. The minimum Gasteiger partial charge on any atom is -0.493 e. The molecule has 0 atom stereocenters.